The van der Waals surface area contributed by atoms with Gasteiger partial charge >= 0.3 is 0 Å². The minimum absolute atomic E-state index is 0.0681. The Labute approximate surface area is 72.3 Å². The van der Waals surface area contributed by atoms with E-state index < -0.39 is 0 Å². The van der Waals surface area contributed by atoms with Gasteiger partial charge in [0.1, 0.15) is 12.4 Å². The fraction of sp³-hybridized carbons (Fsp3) is 0.400. The minimum Gasteiger partial charge on any atom is -0.491 e. The monoisotopic (exact) mass is 163 g/mol. The Hall–Kier alpha value is -1.02. The molecule has 2 nitrogen and oxygen atoms in total. The molecule has 1 aromatic rings. The van der Waals surface area contributed by atoms with E-state index in [1.165, 1.54) is 11.1 Å². The molecule has 64 valence electrons. The number of benzene rings is 1. The molecule has 0 saturated carbocycles. The van der Waals surface area contributed by atoms with Gasteiger partial charge in [-0.2, -0.15) is 0 Å². The summed E-state index contributed by atoms with van der Waals surface area (Å²) < 4.78 is 5.47. The third-order valence-electron chi connectivity index (χ3n) is 2.25. The summed E-state index contributed by atoms with van der Waals surface area (Å²) in [7, 11) is 0. The lowest BCUT2D eigenvalue weighted by Gasteiger charge is -2.05. The summed E-state index contributed by atoms with van der Waals surface area (Å²) in [5, 5.41) is 0. The summed E-state index contributed by atoms with van der Waals surface area (Å²) in [6.45, 7) is 4.77. The lowest BCUT2D eigenvalue weighted by Crippen LogP contribution is -2.10. The number of hydrogen-bond donors (Lipinski definition) is 1. The Kier molecular flexibility index (Phi) is 1.58. The Bertz CT molecular complexity index is 320. The summed E-state index contributed by atoms with van der Waals surface area (Å²) >= 11 is 0. The third-order valence-corrected chi connectivity index (χ3v) is 2.25. The van der Waals surface area contributed by atoms with Gasteiger partial charge < -0.3 is 10.5 Å². The van der Waals surface area contributed by atoms with Crippen LogP contribution in [0.3, 0.4) is 0 Å². The molecule has 1 aliphatic rings. The first-order valence-corrected chi connectivity index (χ1v) is 4.18. The van der Waals surface area contributed by atoms with Gasteiger partial charge in [0.05, 0.1) is 6.04 Å². The Morgan fingerprint density at radius 2 is 2.17 bits per heavy atom. The zero-order valence-corrected chi connectivity index (χ0v) is 7.42. The second-order valence-corrected chi connectivity index (χ2v) is 3.42. The number of ether oxygens (including phenoxy) is 1. The van der Waals surface area contributed by atoms with E-state index in [1.54, 1.807) is 0 Å². The predicted octanol–water partition coefficient (Wildman–Crippen LogP) is 1.70. The molecular formula is C10H13NO. The molecule has 0 unspecified atom stereocenters. The highest BCUT2D eigenvalue weighted by molar-refractivity contribution is 5.47. The maximum atomic E-state index is 5.86. The van der Waals surface area contributed by atoms with E-state index in [1.807, 2.05) is 0 Å². The van der Waals surface area contributed by atoms with E-state index in [0.717, 1.165) is 11.3 Å². The van der Waals surface area contributed by atoms with Crippen molar-refractivity contribution in [3.05, 3.63) is 28.8 Å². The smallest absolute Gasteiger partial charge is 0.127 e. The van der Waals surface area contributed by atoms with Crippen LogP contribution in [0.25, 0.3) is 0 Å². The molecule has 0 radical (unpaired) electrons. The average Bonchev–Trinajstić information content (AvgIpc) is 2.33. The third kappa shape index (κ3) is 0.994. The van der Waals surface area contributed by atoms with Crippen LogP contribution in [0.2, 0.25) is 0 Å². The van der Waals surface area contributed by atoms with E-state index in [-0.39, 0.29) is 6.04 Å². The zero-order valence-electron chi connectivity index (χ0n) is 7.42. The first-order valence-electron chi connectivity index (χ1n) is 4.18. The molecule has 0 aromatic heterocycles. The van der Waals surface area contributed by atoms with Crippen LogP contribution in [0.4, 0.5) is 0 Å². The molecule has 2 heteroatoms. The van der Waals surface area contributed by atoms with Crippen molar-refractivity contribution < 1.29 is 4.74 Å². The molecule has 0 fully saturated rings. The van der Waals surface area contributed by atoms with Crippen LogP contribution in [0, 0.1) is 13.8 Å². The van der Waals surface area contributed by atoms with Crippen molar-refractivity contribution in [3.8, 4) is 5.75 Å². The molecule has 2 rings (SSSR count). The highest BCUT2D eigenvalue weighted by Crippen LogP contribution is 2.34. The van der Waals surface area contributed by atoms with Gasteiger partial charge in [-0.05, 0) is 19.4 Å². The van der Waals surface area contributed by atoms with Crippen molar-refractivity contribution >= 4 is 0 Å². The van der Waals surface area contributed by atoms with E-state index in [4.69, 9.17) is 10.5 Å². The lowest BCUT2D eigenvalue weighted by atomic mass is 10.0. The van der Waals surface area contributed by atoms with Gasteiger partial charge in [0.2, 0.25) is 0 Å². The standard InChI is InChI=1S/C10H13NO/c1-6-3-7(2)10-8(4-6)9(11)5-12-10/h3-4,9H,5,11H2,1-2H3/t9-/m0/s1. The van der Waals surface area contributed by atoms with Gasteiger partial charge in [-0.1, -0.05) is 17.7 Å². The van der Waals surface area contributed by atoms with E-state index in [2.05, 4.69) is 26.0 Å². The first-order chi connectivity index (χ1) is 5.68. The van der Waals surface area contributed by atoms with Gasteiger partial charge in [-0.25, -0.2) is 0 Å². The summed E-state index contributed by atoms with van der Waals surface area (Å²) in [6.07, 6.45) is 0. The van der Waals surface area contributed by atoms with Crippen molar-refractivity contribution in [1.82, 2.24) is 0 Å². The molecule has 2 N–H and O–H groups in total. The van der Waals surface area contributed by atoms with Crippen LogP contribution in [0.1, 0.15) is 22.7 Å². The molecule has 0 amide bonds. The SMILES string of the molecule is Cc1cc(C)c2c(c1)[C@@H](N)CO2. The molecule has 0 saturated heterocycles. The normalized spacial score (nSPS) is 20.4. The quantitative estimate of drug-likeness (QED) is 0.631. The fourth-order valence-corrected chi connectivity index (χ4v) is 1.72. The molecule has 1 aromatic carbocycles. The minimum atomic E-state index is 0.0681. The van der Waals surface area contributed by atoms with Crippen molar-refractivity contribution in [2.75, 3.05) is 6.61 Å². The van der Waals surface area contributed by atoms with Crippen molar-refractivity contribution in [2.24, 2.45) is 5.73 Å². The number of fused-ring (bicyclic) bond motifs is 1. The topological polar surface area (TPSA) is 35.2 Å². The number of aryl methyl sites for hydroxylation is 2. The number of rotatable bonds is 0. The summed E-state index contributed by atoms with van der Waals surface area (Å²) in [5.41, 5.74) is 9.47. The largest absolute Gasteiger partial charge is 0.491 e. The van der Waals surface area contributed by atoms with Crippen LogP contribution in [-0.4, -0.2) is 6.61 Å². The van der Waals surface area contributed by atoms with Crippen LogP contribution in [0.5, 0.6) is 5.75 Å². The summed E-state index contributed by atoms with van der Waals surface area (Å²) in [6, 6.07) is 4.30. The van der Waals surface area contributed by atoms with Gasteiger partial charge in [0.15, 0.2) is 0 Å². The van der Waals surface area contributed by atoms with E-state index in [9.17, 15) is 0 Å². The van der Waals surface area contributed by atoms with E-state index >= 15 is 0 Å². The van der Waals surface area contributed by atoms with Crippen LogP contribution >= 0.6 is 0 Å². The first kappa shape index (κ1) is 7.62. The van der Waals surface area contributed by atoms with Crippen LogP contribution in [-0.2, 0) is 0 Å². The molecule has 12 heavy (non-hydrogen) atoms. The molecule has 1 heterocycles. The van der Waals surface area contributed by atoms with Crippen LogP contribution in [0.15, 0.2) is 12.1 Å². The summed E-state index contributed by atoms with van der Waals surface area (Å²) in [5.74, 6) is 0.994. The number of hydrogen-bond acceptors (Lipinski definition) is 2. The summed E-state index contributed by atoms with van der Waals surface area (Å²) in [4.78, 5) is 0. The van der Waals surface area contributed by atoms with Gasteiger partial charge in [0, 0.05) is 5.56 Å². The molecule has 0 bridgehead atoms. The average molecular weight is 163 g/mol. The molecule has 0 aliphatic carbocycles. The predicted molar refractivity (Wildman–Crippen MR) is 48.3 cm³/mol. The maximum Gasteiger partial charge on any atom is 0.127 e. The highest BCUT2D eigenvalue weighted by Gasteiger charge is 2.22. The Balaban J connectivity index is 2.60. The van der Waals surface area contributed by atoms with Gasteiger partial charge in [-0.3, -0.25) is 0 Å². The second kappa shape index (κ2) is 2.49. The fourth-order valence-electron chi connectivity index (χ4n) is 1.72. The van der Waals surface area contributed by atoms with E-state index in [0.29, 0.717) is 6.61 Å². The van der Waals surface area contributed by atoms with Gasteiger partial charge in [0.25, 0.3) is 0 Å². The zero-order chi connectivity index (χ0) is 8.72. The molecule has 0 spiro atoms. The van der Waals surface area contributed by atoms with Crippen molar-refractivity contribution in [1.29, 1.82) is 0 Å². The lowest BCUT2D eigenvalue weighted by molar-refractivity contribution is 0.331. The highest BCUT2D eigenvalue weighted by atomic mass is 16.5. The Morgan fingerprint density at radius 1 is 1.42 bits per heavy atom. The van der Waals surface area contributed by atoms with Gasteiger partial charge in [-0.15, -0.1) is 0 Å². The van der Waals surface area contributed by atoms with Crippen molar-refractivity contribution in [2.45, 2.75) is 19.9 Å². The molecular weight excluding hydrogens is 150 g/mol. The Morgan fingerprint density at radius 3 is 2.92 bits per heavy atom. The van der Waals surface area contributed by atoms with Crippen molar-refractivity contribution in [3.63, 3.8) is 0 Å². The maximum absolute atomic E-state index is 5.86. The molecule has 1 aliphatic heterocycles. The molecule has 1 atom stereocenters. The second-order valence-electron chi connectivity index (χ2n) is 3.42. The number of nitrogens with two attached hydrogens (primary N) is 1. The van der Waals surface area contributed by atoms with Crippen LogP contribution < -0.4 is 10.5 Å².